The Kier molecular flexibility index (Phi) is 18.7. The molecule has 0 heterocycles. The molecule has 0 fully saturated rings. The van der Waals surface area contributed by atoms with Gasteiger partial charge >= 0.3 is 0 Å². The molecule has 0 rings (SSSR count). The maximum atomic E-state index is 11.2. The van der Waals surface area contributed by atoms with Gasteiger partial charge in [-0.2, -0.15) is 0 Å². The van der Waals surface area contributed by atoms with E-state index in [0.717, 1.165) is 32.1 Å². The van der Waals surface area contributed by atoms with E-state index in [9.17, 15) is 15.0 Å². The number of hydrogen-bond donors (Lipinski definition) is 4. The molecule has 0 aliphatic carbocycles. The normalized spacial score (nSPS) is 14.2. The number of aliphatic hydroxyl groups is 3. The molecule has 0 radical (unpaired) electrons. The summed E-state index contributed by atoms with van der Waals surface area (Å²) in [7, 11) is 0. The predicted molar refractivity (Wildman–Crippen MR) is 121 cm³/mol. The SMILES string of the molecule is CCCCCC(O)CCCC=CC=C(O)C=CC=CC=CC=CC(=O)NCCO. The maximum absolute atomic E-state index is 11.2. The van der Waals surface area contributed by atoms with Crippen LogP contribution in [0.1, 0.15) is 51.9 Å². The Morgan fingerprint density at radius 3 is 2.28 bits per heavy atom. The second-order valence-electron chi connectivity index (χ2n) is 6.60. The van der Waals surface area contributed by atoms with Crippen molar-refractivity contribution in [2.45, 2.75) is 58.0 Å². The van der Waals surface area contributed by atoms with Crippen LogP contribution in [0.2, 0.25) is 0 Å². The first-order chi connectivity index (χ1) is 14.1. The molecule has 0 saturated carbocycles. The maximum Gasteiger partial charge on any atom is 0.244 e. The minimum Gasteiger partial charge on any atom is -0.508 e. The third-order valence-corrected chi connectivity index (χ3v) is 3.93. The molecule has 0 aromatic rings. The fourth-order valence-electron chi connectivity index (χ4n) is 2.36. The van der Waals surface area contributed by atoms with E-state index in [1.54, 1.807) is 48.6 Å². The van der Waals surface area contributed by atoms with Gasteiger partial charge in [0.05, 0.1) is 12.7 Å². The van der Waals surface area contributed by atoms with Crippen LogP contribution < -0.4 is 5.32 Å². The van der Waals surface area contributed by atoms with Crippen LogP contribution >= 0.6 is 0 Å². The van der Waals surface area contributed by atoms with Gasteiger partial charge in [-0.15, -0.1) is 0 Å². The van der Waals surface area contributed by atoms with Gasteiger partial charge in [0.1, 0.15) is 5.76 Å². The Labute approximate surface area is 175 Å². The standard InChI is InChI=1S/C24H37NO4/c1-2-3-10-15-22(27)17-12-8-9-13-18-23(28)16-11-6-4-5-7-14-19-24(29)25-20-21-26/h4-7,9,11,13-14,16,18-19,22,26-28H,2-3,8,10,12,15,17,20-21H2,1H3,(H,25,29). The van der Waals surface area contributed by atoms with Gasteiger partial charge in [0.25, 0.3) is 0 Å². The largest absolute Gasteiger partial charge is 0.508 e. The van der Waals surface area contributed by atoms with Crippen molar-refractivity contribution in [2.75, 3.05) is 13.2 Å². The molecule has 0 aliphatic rings. The highest BCUT2D eigenvalue weighted by Gasteiger charge is 2.02. The molecule has 1 atom stereocenters. The number of unbranched alkanes of at least 4 members (excludes halogenated alkanes) is 3. The Morgan fingerprint density at radius 2 is 1.59 bits per heavy atom. The van der Waals surface area contributed by atoms with E-state index in [2.05, 4.69) is 12.2 Å². The second-order valence-corrected chi connectivity index (χ2v) is 6.60. The summed E-state index contributed by atoms with van der Waals surface area (Å²) >= 11 is 0. The summed E-state index contributed by atoms with van der Waals surface area (Å²) in [6.45, 7) is 2.32. The number of carbonyl (C=O) groups excluding carboxylic acids is 1. The summed E-state index contributed by atoms with van der Waals surface area (Å²) in [5.41, 5.74) is 0. The zero-order valence-electron chi connectivity index (χ0n) is 17.5. The summed E-state index contributed by atoms with van der Waals surface area (Å²) < 4.78 is 0. The van der Waals surface area contributed by atoms with Gasteiger partial charge in [-0.3, -0.25) is 4.79 Å². The Balaban J connectivity index is 3.95. The third-order valence-electron chi connectivity index (χ3n) is 3.93. The molecule has 0 aliphatic heterocycles. The van der Waals surface area contributed by atoms with Crippen LogP contribution in [-0.2, 0) is 4.79 Å². The first-order valence-corrected chi connectivity index (χ1v) is 10.4. The third kappa shape index (κ3) is 20.2. The molecule has 4 N–H and O–H groups in total. The van der Waals surface area contributed by atoms with E-state index in [1.165, 1.54) is 18.9 Å². The van der Waals surface area contributed by atoms with Gasteiger partial charge in [0.2, 0.25) is 5.91 Å². The van der Waals surface area contributed by atoms with E-state index in [1.807, 2.05) is 12.2 Å². The van der Waals surface area contributed by atoms with Gasteiger partial charge < -0.3 is 20.6 Å². The highest BCUT2D eigenvalue weighted by Crippen LogP contribution is 2.10. The van der Waals surface area contributed by atoms with Crippen molar-refractivity contribution in [1.82, 2.24) is 5.32 Å². The smallest absolute Gasteiger partial charge is 0.244 e. The molecular weight excluding hydrogens is 366 g/mol. The van der Waals surface area contributed by atoms with Crippen molar-refractivity contribution in [2.24, 2.45) is 0 Å². The molecule has 0 saturated heterocycles. The molecule has 162 valence electrons. The van der Waals surface area contributed by atoms with E-state index in [0.29, 0.717) is 0 Å². The van der Waals surface area contributed by atoms with Gasteiger partial charge in [-0.05, 0) is 37.8 Å². The highest BCUT2D eigenvalue weighted by atomic mass is 16.3. The number of amides is 1. The number of carbonyl (C=O) groups is 1. The fourth-order valence-corrected chi connectivity index (χ4v) is 2.36. The van der Waals surface area contributed by atoms with Gasteiger partial charge in [-0.1, -0.05) is 74.8 Å². The lowest BCUT2D eigenvalue weighted by Gasteiger charge is -2.08. The molecule has 0 bridgehead atoms. The summed E-state index contributed by atoms with van der Waals surface area (Å²) in [4.78, 5) is 11.2. The molecule has 0 aromatic heterocycles. The zero-order chi connectivity index (χ0) is 21.6. The lowest BCUT2D eigenvalue weighted by Crippen LogP contribution is -2.24. The summed E-state index contributed by atoms with van der Waals surface area (Å²) in [6, 6.07) is 0. The molecule has 1 unspecified atom stereocenters. The van der Waals surface area contributed by atoms with Crippen LogP contribution in [0.3, 0.4) is 0 Å². The quantitative estimate of drug-likeness (QED) is 0.133. The highest BCUT2D eigenvalue weighted by molar-refractivity contribution is 5.87. The monoisotopic (exact) mass is 403 g/mol. The molecular formula is C24H37NO4. The van der Waals surface area contributed by atoms with Crippen molar-refractivity contribution in [3.8, 4) is 0 Å². The van der Waals surface area contributed by atoms with Crippen molar-refractivity contribution >= 4 is 5.91 Å². The summed E-state index contributed by atoms with van der Waals surface area (Å²) in [5.74, 6) is -0.0891. The van der Waals surface area contributed by atoms with Crippen molar-refractivity contribution in [3.63, 3.8) is 0 Å². The first kappa shape index (κ1) is 26.6. The van der Waals surface area contributed by atoms with Crippen LogP contribution in [-0.4, -0.2) is 40.5 Å². The summed E-state index contributed by atoms with van der Waals surface area (Å²) in [5, 5.41) is 30.7. The second kappa shape index (κ2) is 20.4. The lowest BCUT2D eigenvalue weighted by molar-refractivity contribution is -0.116. The number of rotatable bonds is 16. The van der Waals surface area contributed by atoms with Crippen molar-refractivity contribution in [3.05, 3.63) is 72.6 Å². The topological polar surface area (TPSA) is 89.8 Å². The minimum atomic E-state index is -0.251. The van der Waals surface area contributed by atoms with Crippen LogP contribution in [0.4, 0.5) is 0 Å². The van der Waals surface area contributed by atoms with Crippen LogP contribution in [0, 0.1) is 0 Å². The van der Waals surface area contributed by atoms with Crippen LogP contribution in [0.15, 0.2) is 72.6 Å². The Hall–Kier alpha value is -2.37. The van der Waals surface area contributed by atoms with E-state index in [4.69, 9.17) is 5.11 Å². The predicted octanol–water partition coefficient (Wildman–Crippen LogP) is 4.43. The summed E-state index contributed by atoms with van der Waals surface area (Å²) in [6.07, 6.45) is 25.6. The number of allylic oxidation sites excluding steroid dienone is 10. The Morgan fingerprint density at radius 1 is 0.931 bits per heavy atom. The van der Waals surface area contributed by atoms with Crippen LogP contribution in [0.25, 0.3) is 0 Å². The lowest BCUT2D eigenvalue weighted by atomic mass is 10.1. The van der Waals surface area contributed by atoms with Gasteiger partial charge in [0, 0.05) is 12.6 Å². The minimum absolute atomic E-state index is 0.0785. The zero-order valence-corrected chi connectivity index (χ0v) is 17.5. The van der Waals surface area contributed by atoms with E-state index < -0.39 is 0 Å². The first-order valence-electron chi connectivity index (χ1n) is 10.4. The fraction of sp³-hybridized carbons (Fsp3) is 0.458. The number of aliphatic hydroxyl groups excluding tert-OH is 3. The Bertz CT molecular complexity index is 586. The molecule has 5 nitrogen and oxygen atoms in total. The molecule has 0 aromatic carbocycles. The van der Waals surface area contributed by atoms with Crippen molar-refractivity contribution < 1.29 is 20.1 Å². The molecule has 5 heteroatoms. The molecule has 1 amide bonds. The molecule has 29 heavy (non-hydrogen) atoms. The van der Waals surface area contributed by atoms with Gasteiger partial charge in [0.15, 0.2) is 0 Å². The number of nitrogens with one attached hydrogen (secondary N) is 1. The van der Waals surface area contributed by atoms with Gasteiger partial charge in [-0.25, -0.2) is 0 Å². The number of hydrogen-bond acceptors (Lipinski definition) is 4. The van der Waals surface area contributed by atoms with E-state index in [-0.39, 0.29) is 30.9 Å². The van der Waals surface area contributed by atoms with Crippen molar-refractivity contribution in [1.29, 1.82) is 0 Å². The average molecular weight is 404 g/mol. The van der Waals surface area contributed by atoms with E-state index >= 15 is 0 Å². The average Bonchev–Trinajstić information content (AvgIpc) is 2.71. The molecule has 0 spiro atoms. The van der Waals surface area contributed by atoms with Crippen LogP contribution in [0.5, 0.6) is 0 Å².